The lowest BCUT2D eigenvalue weighted by Crippen LogP contribution is -2.35. The molecule has 2 N–H and O–H groups in total. The first-order chi connectivity index (χ1) is 6.74. The first-order valence-corrected chi connectivity index (χ1v) is 4.82. The van der Waals surface area contributed by atoms with Crippen LogP contribution in [0.15, 0.2) is 30.3 Å². The van der Waals surface area contributed by atoms with E-state index in [4.69, 9.17) is 5.73 Å². The van der Waals surface area contributed by atoms with Crippen LogP contribution in [0.4, 0.5) is 4.79 Å². The minimum atomic E-state index is -0.351. The van der Waals surface area contributed by atoms with Gasteiger partial charge in [-0.25, -0.2) is 4.79 Å². The van der Waals surface area contributed by atoms with Gasteiger partial charge in [-0.3, -0.25) is 0 Å². The molecule has 0 saturated heterocycles. The summed E-state index contributed by atoms with van der Waals surface area (Å²) in [5.74, 6) is 0. The Morgan fingerprint density at radius 3 is 2.50 bits per heavy atom. The van der Waals surface area contributed by atoms with Crippen LogP contribution in [0, 0.1) is 0 Å². The van der Waals surface area contributed by atoms with Crippen molar-refractivity contribution >= 4 is 6.03 Å². The van der Waals surface area contributed by atoms with E-state index in [1.165, 1.54) is 0 Å². The van der Waals surface area contributed by atoms with Crippen molar-refractivity contribution in [3.8, 4) is 0 Å². The van der Waals surface area contributed by atoms with Crippen LogP contribution in [-0.2, 0) is 6.54 Å². The van der Waals surface area contributed by atoms with Crippen molar-refractivity contribution in [2.24, 2.45) is 5.73 Å². The van der Waals surface area contributed by atoms with E-state index in [0.29, 0.717) is 13.1 Å². The molecule has 0 aromatic heterocycles. The van der Waals surface area contributed by atoms with Crippen LogP contribution >= 0.6 is 0 Å². The van der Waals surface area contributed by atoms with E-state index in [-0.39, 0.29) is 6.03 Å². The fourth-order valence-electron chi connectivity index (χ4n) is 1.34. The van der Waals surface area contributed by atoms with Crippen molar-refractivity contribution in [1.29, 1.82) is 0 Å². The van der Waals surface area contributed by atoms with Gasteiger partial charge in [0.15, 0.2) is 0 Å². The fourth-order valence-corrected chi connectivity index (χ4v) is 1.34. The van der Waals surface area contributed by atoms with E-state index in [1.807, 2.05) is 37.3 Å². The predicted molar refractivity (Wildman–Crippen MR) is 56.7 cm³/mol. The Balaban J connectivity index is 2.60. The number of hydrogen-bond donors (Lipinski definition) is 1. The maximum absolute atomic E-state index is 11.0. The predicted octanol–water partition coefficient (Wildman–Crippen LogP) is 1.98. The van der Waals surface area contributed by atoms with Crippen molar-refractivity contribution in [2.75, 3.05) is 6.54 Å². The average Bonchev–Trinajstić information content (AvgIpc) is 2.18. The summed E-state index contributed by atoms with van der Waals surface area (Å²) in [5.41, 5.74) is 6.37. The first-order valence-electron chi connectivity index (χ1n) is 4.82. The standard InChI is InChI=1S/C11H16N2O/c1-2-8-13(11(12)14)9-10-6-4-3-5-7-10/h3-7H,2,8-9H2,1H3,(H2,12,14). The fraction of sp³-hybridized carbons (Fsp3) is 0.364. The second kappa shape index (κ2) is 5.27. The first kappa shape index (κ1) is 10.6. The Labute approximate surface area is 84.5 Å². The molecule has 0 aliphatic rings. The van der Waals surface area contributed by atoms with Crippen molar-refractivity contribution in [2.45, 2.75) is 19.9 Å². The Morgan fingerprint density at radius 2 is 2.00 bits per heavy atom. The van der Waals surface area contributed by atoms with Crippen LogP contribution in [-0.4, -0.2) is 17.5 Å². The number of primary amides is 1. The Bertz CT molecular complexity index is 285. The molecule has 0 bridgehead atoms. The summed E-state index contributed by atoms with van der Waals surface area (Å²) in [6.45, 7) is 3.34. The van der Waals surface area contributed by atoms with Crippen LogP contribution in [0.2, 0.25) is 0 Å². The van der Waals surface area contributed by atoms with Gasteiger partial charge in [-0.05, 0) is 12.0 Å². The number of amides is 2. The number of carbonyl (C=O) groups excluding carboxylic acids is 1. The maximum atomic E-state index is 11.0. The number of benzene rings is 1. The molecule has 0 aliphatic carbocycles. The second-order valence-electron chi connectivity index (χ2n) is 3.25. The van der Waals surface area contributed by atoms with E-state index in [1.54, 1.807) is 4.90 Å². The molecule has 0 aliphatic heterocycles. The van der Waals surface area contributed by atoms with Gasteiger partial charge in [-0.2, -0.15) is 0 Å². The lowest BCUT2D eigenvalue weighted by Gasteiger charge is -2.19. The molecule has 1 rings (SSSR count). The van der Waals surface area contributed by atoms with Gasteiger partial charge in [0, 0.05) is 13.1 Å². The van der Waals surface area contributed by atoms with Crippen LogP contribution in [0.3, 0.4) is 0 Å². The number of nitrogens with two attached hydrogens (primary N) is 1. The minimum Gasteiger partial charge on any atom is -0.351 e. The van der Waals surface area contributed by atoms with Gasteiger partial charge in [0.2, 0.25) is 0 Å². The highest BCUT2D eigenvalue weighted by Gasteiger charge is 2.07. The van der Waals surface area contributed by atoms with Crippen molar-refractivity contribution in [1.82, 2.24) is 4.90 Å². The molecule has 1 aromatic rings. The van der Waals surface area contributed by atoms with Crippen LogP contribution < -0.4 is 5.73 Å². The second-order valence-corrected chi connectivity index (χ2v) is 3.25. The molecule has 2 amide bonds. The molecule has 0 unspecified atom stereocenters. The third kappa shape index (κ3) is 3.09. The highest BCUT2D eigenvalue weighted by molar-refractivity contribution is 5.71. The lowest BCUT2D eigenvalue weighted by molar-refractivity contribution is 0.205. The van der Waals surface area contributed by atoms with Gasteiger partial charge in [0.25, 0.3) is 0 Å². The molecule has 0 atom stereocenters. The van der Waals surface area contributed by atoms with Gasteiger partial charge in [0.05, 0.1) is 0 Å². The molecule has 0 fully saturated rings. The average molecular weight is 192 g/mol. The summed E-state index contributed by atoms with van der Waals surface area (Å²) in [4.78, 5) is 12.7. The summed E-state index contributed by atoms with van der Waals surface area (Å²) < 4.78 is 0. The van der Waals surface area contributed by atoms with Gasteiger partial charge in [-0.1, -0.05) is 37.3 Å². The molecule has 0 spiro atoms. The number of carbonyl (C=O) groups is 1. The normalized spacial score (nSPS) is 9.79. The Hall–Kier alpha value is -1.51. The molecule has 76 valence electrons. The largest absolute Gasteiger partial charge is 0.351 e. The van der Waals surface area contributed by atoms with E-state index in [2.05, 4.69) is 0 Å². The SMILES string of the molecule is CCCN(Cc1ccccc1)C(N)=O. The molecular weight excluding hydrogens is 176 g/mol. The van der Waals surface area contributed by atoms with Crippen molar-refractivity contribution < 1.29 is 4.79 Å². The van der Waals surface area contributed by atoms with Crippen molar-refractivity contribution in [3.63, 3.8) is 0 Å². The molecule has 0 heterocycles. The van der Waals surface area contributed by atoms with E-state index in [9.17, 15) is 4.79 Å². The smallest absolute Gasteiger partial charge is 0.315 e. The molecule has 0 saturated carbocycles. The van der Waals surface area contributed by atoms with Crippen molar-refractivity contribution in [3.05, 3.63) is 35.9 Å². The van der Waals surface area contributed by atoms with Crippen LogP contribution in [0.1, 0.15) is 18.9 Å². The molecular formula is C11H16N2O. The number of urea groups is 1. The topological polar surface area (TPSA) is 46.3 Å². The third-order valence-electron chi connectivity index (χ3n) is 2.02. The highest BCUT2D eigenvalue weighted by atomic mass is 16.2. The number of rotatable bonds is 4. The number of hydrogen-bond acceptors (Lipinski definition) is 1. The zero-order valence-corrected chi connectivity index (χ0v) is 8.44. The third-order valence-corrected chi connectivity index (χ3v) is 2.02. The number of nitrogens with zero attached hydrogens (tertiary/aromatic N) is 1. The summed E-state index contributed by atoms with van der Waals surface area (Å²) in [6.07, 6.45) is 0.926. The zero-order valence-electron chi connectivity index (χ0n) is 8.44. The summed E-state index contributed by atoms with van der Waals surface area (Å²) in [6, 6.07) is 9.51. The highest BCUT2D eigenvalue weighted by Crippen LogP contribution is 2.04. The molecule has 1 aromatic carbocycles. The molecule has 14 heavy (non-hydrogen) atoms. The van der Waals surface area contributed by atoms with E-state index >= 15 is 0 Å². The van der Waals surface area contributed by atoms with Gasteiger partial charge in [0.1, 0.15) is 0 Å². The summed E-state index contributed by atoms with van der Waals surface area (Å²) >= 11 is 0. The van der Waals surface area contributed by atoms with E-state index < -0.39 is 0 Å². The van der Waals surface area contributed by atoms with Gasteiger partial charge in [-0.15, -0.1) is 0 Å². The molecule has 0 radical (unpaired) electrons. The zero-order chi connectivity index (χ0) is 10.4. The van der Waals surface area contributed by atoms with E-state index in [0.717, 1.165) is 12.0 Å². The molecule has 3 heteroatoms. The van der Waals surface area contributed by atoms with Crippen LogP contribution in [0.25, 0.3) is 0 Å². The Morgan fingerprint density at radius 1 is 1.36 bits per heavy atom. The summed E-state index contributed by atoms with van der Waals surface area (Å²) in [7, 11) is 0. The Kier molecular flexibility index (Phi) is 3.98. The maximum Gasteiger partial charge on any atom is 0.315 e. The minimum absolute atomic E-state index is 0.351. The summed E-state index contributed by atoms with van der Waals surface area (Å²) in [5, 5.41) is 0. The van der Waals surface area contributed by atoms with Crippen LogP contribution in [0.5, 0.6) is 0 Å². The monoisotopic (exact) mass is 192 g/mol. The lowest BCUT2D eigenvalue weighted by atomic mass is 10.2. The molecule has 3 nitrogen and oxygen atoms in total. The quantitative estimate of drug-likeness (QED) is 0.779. The van der Waals surface area contributed by atoms with Gasteiger partial charge >= 0.3 is 6.03 Å². The van der Waals surface area contributed by atoms with Gasteiger partial charge < -0.3 is 10.6 Å².